The molecule has 0 aromatic heterocycles. The number of hydrogen-bond donors (Lipinski definition) is 2. The van der Waals surface area contributed by atoms with Gasteiger partial charge in [0.15, 0.2) is 0 Å². The normalized spacial score (nSPS) is 12.2. The summed E-state index contributed by atoms with van der Waals surface area (Å²) in [7, 11) is 0. The molecule has 2 N–H and O–H groups in total. The molecule has 1 atom stereocenters. The molecule has 0 bridgehead atoms. The molecular weight excluding hydrogens is 456 g/mol. The Labute approximate surface area is 224 Å². The average molecular weight is 520 g/mol. The van der Waals surface area contributed by atoms with Crippen molar-refractivity contribution in [2.24, 2.45) is 5.92 Å². The molecule has 0 aromatic rings. The monoisotopic (exact) mass is 519 g/mol. The third-order valence-corrected chi connectivity index (χ3v) is 7.50. The molecular formula is C30H63O3Ti. The summed E-state index contributed by atoms with van der Waals surface area (Å²) in [5.74, 6) is 0.530. The van der Waals surface area contributed by atoms with Crippen LogP contribution < -0.4 is 0 Å². The summed E-state index contributed by atoms with van der Waals surface area (Å²) in [5, 5.41) is 11.6. The number of rotatable bonds is 25. The standard InChI is InChI=1S/C30H62O.H2O.O.Ti/c1-5-9-13-14-15-16-17-18-19-20-21-22-23-24-26-29(25-10-6-2)30(31,27-11-7-3)28-12-8-4;;;/h29,31H,5-28H2,1-4H3;1H2;;/q;;;+1/p-1. The van der Waals surface area contributed by atoms with E-state index in [2.05, 4.69) is 27.7 Å². The van der Waals surface area contributed by atoms with Crippen LogP contribution >= 0.6 is 0 Å². The molecule has 205 valence electrons. The second-order valence-corrected chi connectivity index (χ2v) is 10.9. The molecule has 4 heteroatoms. The second kappa shape index (κ2) is 29.7. The first-order chi connectivity index (χ1) is 16.6. The van der Waals surface area contributed by atoms with E-state index in [1.807, 2.05) is 0 Å². The zero-order valence-electron chi connectivity index (χ0n) is 23.9. The van der Waals surface area contributed by atoms with Gasteiger partial charge in [-0.15, -0.1) is 0 Å². The van der Waals surface area contributed by atoms with Gasteiger partial charge >= 0.3 is 26.5 Å². The van der Waals surface area contributed by atoms with Gasteiger partial charge in [-0.05, 0) is 31.6 Å². The molecule has 0 aliphatic rings. The molecule has 0 amide bonds. The Kier molecular flexibility index (Phi) is 31.9. The Morgan fingerprint density at radius 2 is 0.824 bits per heavy atom. The van der Waals surface area contributed by atoms with Crippen LogP contribution in [0.2, 0.25) is 0 Å². The van der Waals surface area contributed by atoms with Gasteiger partial charge in [-0.3, -0.25) is 0 Å². The molecule has 0 aliphatic carbocycles. The van der Waals surface area contributed by atoms with Gasteiger partial charge in [0.05, 0.1) is 5.60 Å². The van der Waals surface area contributed by atoms with E-state index < -0.39 is 25.1 Å². The third-order valence-electron chi connectivity index (χ3n) is 7.50. The molecule has 0 spiro atoms. The Balaban J connectivity index is 0. The van der Waals surface area contributed by atoms with Crippen LogP contribution in [0.15, 0.2) is 0 Å². The van der Waals surface area contributed by atoms with Crippen LogP contribution in [0.4, 0.5) is 0 Å². The Bertz CT molecular complexity index is 381. The fraction of sp³-hybridized carbons (Fsp3) is 1.00. The molecule has 0 radical (unpaired) electrons. The number of hydrogen-bond acceptors (Lipinski definition) is 2. The molecule has 0 rings (SSSR count). The molecule has 3 nitrogen and oxygen atoms in total. The van der Waals surface area contributed by atoms with Crippen LogP contribution in [0.25, 0.3) is 0 Å². The van der Waals surface area contributed by atoms with E-state index >= 15 is 0 Å². The number of unbranched alkanes of at least 4 members (excludes halogenated alkanes) is 16. The van der Waals surface area contributed by atoms with E-state index in [1.54, 1.807) is 0 Å². The molecule has 0 saturated heterocycles. The van der Waals surface area contributed by atoms with Gasteiger partial charge in [-0.25, -0.2) is 0 Å². The first kappa shape index (κ1) is 36.6. The predicted octanol–water partition coefficient (Wildman–Crippen LogP) is 10.1. The van der Waals surface area contributed by atoms with Crippen LogP contribution in [-0.4, -0.2) is 14.4 Å². The fourth-order valence-corrected chi connectivity index (χ4v) is 5.22. The van der Waals surface area contributed by atoms with Gasteiger partial charge in [0.1, 0.15) is 0 Å². The summed E-state index contributed by atoms with van der Waals surface area (Å²) in [6.45, 7) is 9.11. The minimum atomic E-state index is -1.75. The van der Waals surface area contributed by atoms with Crippen LogP contribution in [0.5, 0.6) is 0 Å². The topological polar surface area (TPSA) is 57.5 Å². The van der Waals surface area contributed by atoms with E-state index in [-0.39, 0.29) is 0 Å². The van der Waals surface area contributed by atoms with E-state index in [4.69, 9.17) is 7.01 Å². The van der Waals surface area contributed by atoms with Crippen molar-refractivity contribution >= 4 is 0 Å². The van der Waals surface area contributed by atoms with Crippen LogP contribution in [-0.2, 0) is 22.8 Å². The van der Waals surface area contributed by atoms with Crippen molar-refractivity contribution in [2.75, 3.05) is 0 Å². The summed E-state index contributed by atoms with van der Waals surface area (Å²) >= 11 is -1.75. The summed E-state index contributed by atoms with van der Waals surface area (Å²) in [4.78, 5) is 0. The first-order valence-electron chi connectivity index (χ1n) is 15.3. The van der Waals surface area contributed by atoms with Crippen LogP contribution in [0.3, 0.4) is 0 Å². The third kappa shape index (κ3) is 24.1. The predicted molar refractivity (Wildman–Crippen MR) is 145 cm³/mol. The van der Waals surface area contributed by atoms with Crippen molar-refractivity contribution in [3.8, 4) is 0 Å². The maximum atomic E-state index is 11.6. The van der Waals surface area contributed by atoms with Crippen LogP contribution in [0, 0.1) is 5.92 Å². The fourth-order valence-electron chi connectivity index (χ4n) is 5.22. The van der Waals surface area contributed by atoms with E-state index in [9.17, 15) is 5.11 Å². The summed E-state index contributed by atoms with van der Waals surface area (Å²) in [5.41, 5.74) is -0.391. The molecule has 34 heavy (non-hydrogen) atoms. The average Bonchev–Trinajstić information content (AvgIpc) is 2.84. The van der Waals surface area contributed by atoms with E-state index in [0.29, 0.717) is 5.92 Å². The SMILES string of the molecule is CCCCCCCCCCCCCCCCC(CCCC)C(O)(CCCC)CCCC.[O]=[Ti][OH]. The first-order valence-corrected chi connectivity index (χ1v) is 16.6. The zero-order chi connectivity index (χ0) is 25.8. The minimum absolute atomic E-state index is 0.391. The van der Waals surface area contributed by atoms with Gasteiger partial charge < -0.3 is 5.11 Å². The van der Waals surface area contributed by atoms with Gasteiger partial charge in [0.2, 0.25) is 0 Å². The van der Waals surface area contributed by atoms with Gasteiger partial charge in [0.25, 0.3) is 0 Å². The molecule has 0 heterocycles. The Hall–Kier alpha value is 0.434. The van der Waals surface area contributed by atoms with Crippen LogP contribution in [0.1, 0.15) is 182 Å². The van der Waals surface area contributed by atoms with Crippen molar-refractivity contribution in [1.29, 1.82) is 0 Å². The summed E-state index contributed by atoms with van der Waals surface area (Å²) < 4.78 is 15.8. The van der Waals surface area contributed by atoms with Gasteiger partial charge in [0, 0.05) is 0 Å². The Morgan fingerprint density at radius 1 is 0.529 bits per heavy atom. The van der Waals surface area contributed by atoms with Gasteiger partial charge in [-0.2, -0.15) is 0 Å². The van der Waals surface area contributed by atoms with Crippen molar-refractivity contribution in [3.63, 3.8) is 0 Å². The quantitative estimate of drug-likeness (QED) is 0.0932. The van der Waals surface area contributed by atoms with Crippen molar-refractivity contribution in [1.82, 2.24) is 0 Å². The van der Waals surface area contributed by atoms with Gasteiger partial charge in [-0.1, -0.05) is 156 Å². The molecule has 0 fully saturated rings. The van der Waals surface area contributed by atoms with Crippen molar-refractivity contribution in [3.05, 3.63) is 0 Å². The number of aliphatic hydroxyl groups is 1. The zero-order valence-corrected chi connectivity index (χ0v) is 25.4. The molecule has 0 saturated carbocycles. The summed E-state index contributed by atoms with van der Waals surface area (Å²) in [6.07, 6.45) is 31.8. The molecule has 0 aromatic carbocycles. The van der Waals surface area contributed by atoms with Crippen molar-refractivity contribution in [2.45, 2.75) is 187 Å². The van der Waals surface area contributed by atoms with E-state index in [0.717, 1.165) is 12.8 Å². The van der Waals surface area contributed by atoms with E-state index in [1.165, 1.54) is 141 Å². The Morgan fingerprint density at radius 3 is 1.18 bits per heavy atom. The molecule has 1 unspecified atom stereocenters. The molecule has 0 aliphatic heterocycles. The summed E-state index contributed by atoms with van der Waals surface area (Å²) in [6, 6.07) is 0. The second-order valence-electron chi connectivity index (χ2n) is 10.6. The van der Waals surface area contributed by atoms with Crippen molar-refractivity contribution < 1.29 is 31.6 Å². The maximum absolute atomic E-state index is 11.6.